The van der Waals surface area contributed by atoms with Crippen molar-refractivity contribution in [3.63, 3.8) is 0 Å². The first-order valence-corrected chi connectivity index (χ1v) is 5.69. The van der Waals surface area contributed by atoms with Crippen molar-refractivity contribution in [2.75, 3.05) is 6.61 Å². The van der Waals surface area contributed by atoms with Crippen molar-refractivity contribution >= 4 is 17.6 Å². The first-order valence-electron chi connectivity index (χ1n) is 5.31. The third kappa shape index (κ3) is 3.61. The lowest BCUT2D eigenvalue weighted by molar-refractivity contribution is -0.142. The zero-order valence-corrected chi connectivity index (χ0v) is 10.5. The van der Waals surface area contributed by atoms with Crippen molar-refractivity contribution in [1.82, 2.24) is 4.98 Å². The maximum Gasteiger partial charge on any atom is 0.310 e. The van der Waals surface area contributed by atoms with Crippen LogP contribution in [0.5, 0.6) is 0 Å². The van der Waals surface area contributed by atoms with Gasteiger partial charge in [-0.2, -0.15) is 0 Å². The van der Waals surface area contributed by atoms with Crippen molar-refractivity contribution in [2.45, 2.75) is 26.3 Å². The molecule has 0 aliphatic heterocycles. The van der Waals surface area contributed by atoms with Crippen LogP contribution < -0.4 is 5.73 Å². The van der Waals surface area contributed by atoms with Gasteiger partial charge in [0.2, 0.25) is 0 Å². The molecule has 0 spiro atoms. The van der Waals surface area contributed by atoms with E-state index in [4.69, 9.17) is 22.1 Å². The van der Waals surface area contributed by atoms with Crippen LogP contribution in [0.15, 0.2) is 6.07 Å². The molecule has 0 aliphatic rings. The van der Waals surface area contributed by atoms with Crippen molar-refractivity contribution in [1.29, 1.82) is 0 Å². The number of pyridine rings is 1. The van der Waals surface area contributed by atoms with Gasteiger partial charge in [0, 0.05) is 12.1 Å². The normalized spacial score (nSPS) is 10.8. The lowest BCUT2D eigenvalue weighted by Gasteiger charge is -2.12. The minimum Gasteiger partial charge on any atom is -0.466 e. The average Bonchev–Trinajstić information content (AvgIpc) is 2.30. The number of alkyl halides is 2. The van der Waals surface area contributed by atoms with Crippen LogP contribution in [0, 0.1) is 0 Å². The Morgan fingerprint density at radius 3 is 2.78 bits per heavy atom. The lowest BCUT2D eigenvalue weighted by atomic mass is 10.0. The predicted octanol–water partition coefficient (Wildman–Crippen LogP) is 2.24. The summed E-state index contributed by atoms with van der Waals surface area (Å²) in [6.07, 6.45) is -3.04. The van der Waals surface area contributed by atoms with E-state index >= 15 is 0 Å². The zero-order chi connectivity index (χ0) is 13.7. The summed E-state index contributed by atoms with van der Waals surface area (Å²) in [5.41, 5.74) is 5.37. The van der Waals surface area contributed by atoms with Crippen LogP contribution >= 0.6 is 11.6 Å². The Bertz CT molecular complexity index is 441. The van der Waals surface area contributed by atoms with Gasteiger partial charge in [-0.15, -0.1) is 0 Å². The molecule has 1 heterocycles. The molecule has 0 amide bonds. The maximum atomic E-state index is 12.9. The fourth-order valence-corrected chi connectivity index (χ4v) is 1.75. The van der Waals surface area contributed by atoms with Gasteiger partial charge < -0.3 is 10.5 Å². The molecule has 0 aromatic carbocycles. The van der Waals surface area contributed by atoms with Crippen LogP contribution in [0.25, 0.3) is 0 Å². The minimum atomic E-state index is -2.75. The molecule has 7 heteroatoms. The highest BCUT2D eigenvalue weighted by atomic mass is 35.5. The number of aromatic nitrogens is 1. The van der Waals surface area contributed by atoms with Crippen LogP contribution in [-0.4, -0.2) is 17.6 Å². The topological polar surface area (TPSA) is 65.2 Å². The summed E-state index contributed by atoms with van der Waals surface area (Å²) in [4.78, 5) is 15.2. The summed E-state index contributed by atoms with van der Waals surface area (Å²) < 4.78 is 30.5. The number of nitrogens with two attached hydrogens (primary N) is 1. The SMILES string of the molecule is CCOC(=O)Cc1c(C(F)F)cc(Cl)nc1CN. The molecule has 100 valence electrons. The fraction of sp³-hybridized carbons (Fsp3) is 0.455. The monoisotopic (exact) mass is 278 g/mol. The number of ether oxygens (including phenoxy) is 1. The molecule has 0 bridgehead atoms. The Kier molecular flexibility index (Phi) is 5.43. The summed E-state index contributed by atoms with van der Waals surface area (Å²) >= 11 is 5.63. The molecule has 0 saturated heterocycles. The van der Waals surface area contributed by atoms with Gasteiger partial charge in [0.25, 0.3) is 6.43 Å². The van der Waals surface area contributed by atoms with Gasteiger partial charge in [-0.05, 0) is 18.6 Å². The molecule has 2 N–H and O–H groups in total. The van der Waals surface area contributed by atoms with E-state index in [9.17, 15) is 13.6 Å². The standard InChI is InChI=1S/C11H13ClF2N2O2/c1-2-18-10(17)4-6-7(11(13)14)3-9(12)16-8(6)5-15/h3,11H,2,4-5,15H2,1H3. The highest BCUT2D eigenvalue weighted by molar-refractivity contribution is 6.29. The number of halogens is 3. The second-order valence-corrected chi connectivity index (χ2v) is 3.83. The van der Waals surface area contributed by atoms with Crippen molar-refractivity contribution < 1.29 is 18.3 Å². The molecule has 1 rings (SSSR count). The molecule has 0 atom stereocenters. The second-order valence-electron chi connectivity index (χ2n) is 3.45. The number of hydrogen-bond donors (Lipinski definition) is 1. The Hall–Kier alpha value is -1.27. The quantitative estimate of drug-likeness (QED) is 0.663. The summed E-state index contributed by atoms with van der Waals surface area (Å²) in [6, 6.07) is 1.04. The lowest BCUT2D eigenvalue weighted by Crippen LogP contribution is -2.15. The van der Waals surface area contributed by atoms with Crippen LogP contribution in [0.1, 0.15) is 30.2 Å². The number of hydrogen-bond acceptors (Lipinski definition) is 4. The fourth-order valence-electron chi connectivity index (χ4n) is 1.53. The number of carbonyl (C=O) groups excluding carboxylic acids is 1. The molecule has 0 saturated carbocycles. The van der Waals surface area contributed by atoms with Gasteiger partial charge in [-0.25, -0.2) is 13.8 Å². The van der Waals surface area contributed by atoms with Crippen molar-refractivity contribution in [2.24, 2.45) is 5.73 Å². The average molecular weight is 279 g/mol. The molecule has 4 nitrogen and oxygen atoms in total. The van der Waals surface area contributed by atoms with E-state index in [-0.39, 0.29) is 41.5 Å². The van der Waals surface area contributed by atoms with Gasteiger partial charge in [-0.1, -0.05) is 11.6 Å². The van der Waals surface area contributed by atoms with Crippen LogP contribution in [-0.2, 0) is 22.5 Å². The molecule has 18 heavy (non-hydrogen) atoms. The summed E-state index contributed by atoms with van der Waals surface area (Å²) in [7, 11) is 0. The van der Waals surface area contributed by atoms with Crippen molar-refractivity contribution in [3.8, 4) is 0 Å². The molecule has 1 aromatic rings. The van der Waals surface area contributed by atoms with Crippen LogP contribution in [0.2, 0.25) is 5.15 Å². The zero-order valence-electron chi connectivity index (χ0n) is 9.75. The third-order valence-electron chi connectivity index (χ3n) is 2.27. The number of esters is 1. The van der Waals surface area contributed by atoms with E-state index in [0.29, 0.717) is 0 Å². The maximum absolute atomic E-state index is 12.9. The molecule has 0 fully saturated rings. The highest BCUT2D eigenvalue weighted by Gasteiger charge is 2.20. The smallest absolute Gasteiger partial charge is 0.310 e. The van der Waals surface area contributed by atoms with E-state index in [0.717, 1.165) is 6.07 Å². The summed E-state index contributed by atoms with van der Waals surface area (Å²) in [5, 5.41) is -0.0710. The minimum absolute atomic E-state index is 0.0710. The summed E-state index contributed by atoms with van der Waals surface area (Å²) in [5.74, 6) is -0.599. The highest BCUT2D eigenvalue weighted by Crippen LogP contribution is 2.27. The Morgan fingerprint density at radius 2 is 2.28 bits per heavy atom. The first kappa shape index (κ1) is 14.8. The van der Waals surface area contributed by atoms with E-state index in [1.165, 1.54) is 0 Å². The molecular weight excluding hydrogens is 266 g/mol. The van der Waals surface area contributed by atoms with Gasteiger partial charge in [0.1, 0.15) is 5.15 Å². The second kappa shape index (κ2) is 6.61. The van der Waals surface area contributed by atoms with Gasteiger partial charge in [-0.3, -0.25) is 4.79 Å². The Balaban J connectivity index is 3.16. The molecule has 0 aliphatic carbocycles. The van der Waals surface area contributed by atoms with E-state index in [1.54, 1.807) is 6.92 Å². The van der Waals surface area contributed by atoms with Gasteiger partial charge >= 0.3 is 5.97 Å². The van der Waals surface area contributed by atoms with Gasteiger partial charge in [0.05, 0.1) is 18.7 Å². The Morgan fingerprint density at radius 1 is 1.61 bits per heavy atom. The molecule has 0 radical (unpaired) electrons. The van der Waals surface area contributed by atoms with E-state index in [1.807, 2.05) is 0 Å². The number of rotatable bonds is 5. The molecule has 0 unspecified atom stereocenters. The predicted molar refractivity (Wildman–Crippen MR) is 62.4 cm³/mol. The Labute approximate surface area is 108 Å². The molecular formula is C11H13ClF2N2O2. The van der Waals surface area contributed by atoms with Crippen LogP contribution in [0.4, 0.5) is 8.78 Å². The summed E-state index contributed by atoms with van der Waals surface area (Å²) in [6.45, 7) is 1.74. The molecule has 1 aromatic heterocycles. The van der Waals surface area contributed by atoms with E-state index < -0.39 is 12.4 Å². The number of nitrogens with zero attached hydrogens (tertiary/aromatic N) is 1. The van der Waals surface area contributed by atoms with Gasteiger partial charge in [0.15, 0.2) is 0 Å². The van der Waals surface area contributed by atoms with E-state index in [2.05, 4.69) is 4.98 Å². The number of carbonyl (C=O) groups is 1. The largest absolute Gasteiger partial charge is 0.466 e. The van der Waals surface area contributed by atoms with Crippen LogP contribution in [0.3, 0.4) is 0 Å². The first-order chi connectivity index (χ1) is 8.49. The van der Waals surface area contributed by atoms with Crippen molar-refractivity contribution in [3.05, 3.63) is 28.0 Å². The third-order valence-corrected chi connectivity index (χ3v) is 2.46.